The molecule has 0 saturated carbocycles. The number of nitrogens with zero attached hydrogens (tertiary/aromatic N) is 3. The molecule has 142 valence electrons. The van der Waals surface area contributed by atoms with Crippen LogP contribution in [0, 0.1) is 0 Å². The van der Waals surface area contributed by atoms with E-state index in [0.29, 0.717) is 6.54 Å². The van der Waals surface area contributed by atoms with Gasteiger partial charge in [0, 0.05) is 44.5 Å². The van der Waals surface area contributed by atoms with E-state index >= 15 is 0 Å². The van der Waals surface area contributed by atoms with E-state index in [9.17, 15) is 8.42 Å². The van der Waals surface area contributed by atoms with E-state index < -0.39 is 9.84 Å². The number of fused-ring (bicyclic) bond motifs is 1. The first kappa shape index (κ1) is 18.3. The molecule has 5 nitrogen and oxygen atoms in total. The van der Waals surface area contributed by atoms with Gasteiger partial charge in [0.1, 0.15) is 0 Å². The standard InChI is InChI=1S/C21H25N3O2S/c25-27(26)16-20-21(17-27)24(15-19-10-4-5-11-22-19)14-13-23(20)12-6-9-18-7-2-1-3-8-18/h1-11,20-21H,12-17H2/t20-,21+/m0/s1. The molecule has 6 heteroatoms. The smallest absolute Gasteiger partial charge is 0.153 e. The maximum Gasteiger partial charge on any atom is 0.153 e. The fraction of sp³-hybridized carbons (Fsp3) is 0.381. The van der Waals surface area contributed by atoms with Gasteiger partial charge in [0.05, 0.1) is 17.2 Å². The van der Waals surface area contributed by atoms with Gasteiger partial charge in [-0.15, -0.1) is 0 Å². The van der Waals surface area contributed by atoms with Gasteiger partial charge in [-0.1, -0.05) is 48.6 Å². The lowest BCUT2D eigenvalue weighted by Gasteiger charge is -2.43. The Labute approximate surface area is 161 Å². The molecule has 3 heterocycles. The third kappa shape index (κ3) is 4.46. The molecule has 2 saturated heterocycles. The van der Waals surface area contributed by atoms with Gasteiger partial charge in [-0.3, -0.25) is 14.8 Å². The van der Waals surface area contributed by atoms with Gasteiger partial charge in [-0.25, -0.2) is 8.42 Å². The Kier molecular flexibility index (Phi) is 5.38. The van der Waals surface area contributed by atoms with Gasteiger partial charge in [0.25, 0.3) is 0 Å². The highest BCUT2D eigenvalue weighted by molar-refractivity contribution is 7.91. The minimum Gasteiger partial charge on any atom is -0.293 e. The second-order valence-corrected chi connectivity index (χ2v) is 9.46. The average Bonchev–Trinajstić information content (AvgIpc) is 3.01. The zero-order valence-corrected chi connectivity index (χ0v) is 16.1. The maximum atomic E-state index is 12.3. The van der Waals surface area contributed by atoms with Gasteiger partial charge < -0.3 is 0 Å². The van der Waals surface area contributed by atoms with E-state index in [1.54, 1.807) is 6.20 Å². The summed E-state index contributed by atoms with van der Waals surface area (Å²) in [6.07, 6.45) is 6.05. The molecule has 2 aromatic rings. The first-order valence-corrected chi connectivity index (χ1v) is 11.2. The van der Waals surface area contributed by atoms with E-state index in [1.807, 2.05) is 36.4 Å². The monoisotopic (exact) mass is 383 g/mol. The van der Waals surface area contributed by atoms with Crippen LogP contribution in [-0.4, -0.2) is 66.4 Å². The van der Waals surface area contributed by atoms with Crippen LogP contribution < -0.4 is 0 Å². The molecule has 1 aromatic carbocycles. The minimum absolute atomic E-state index is 0.0517. The maximum absolute atomic E-state index is 12.3. The number of pyridine rings is 1. The lowest BCUT2D eigenvalue weighted by Crippen LogP contribution is -2.58. The van der Waals surface area contributed by atoms with Gasteiger partial charge in [0.2, 0.25) is 0 Å². The average molecular weight is 384 g/mol. The normalized spacial score (nSPS) is 25.6. The lowest BCUT2D eigenvalue weighted by atomic mass is 10.0. The minimum atomic E-state index is -2.99. The van der Waals surface area contributed by atoms with E-state index in [0.717, 1.165) is 25.3 Å². The van der Waals surface area contributed by atoms with Gasteiger partial charge in [-0.05, 0) is 17.7 Å². The van der Waals surface area contributed by atoms with Crippen molar-refractivity contribution >= 4 is 15.9 Å². The summed E-state index contributed by atoms with van der Waals surface area (Å²) in [6.45, 7) is 3.24. The lowest BCUT2D eigenvalue weighted by molar-refractivity contribution is 0.0472. The van der Waals surface area contributed by atoms with E-state index in [2.05, 4.69) is 39.1 Å². The van der Waals surface area contributed by atoms with Crippen LogP contribution >= 0.6 is 0 Å². The molecule has 0 aliphatic carbocycles. The highest BCUT2D eigenvalue weighted by Gasteiger charge is 2.46. The Morgan fingerprint density at radius 3 is 2.41 bits per heavy atom. The Hall–Kier alpha value is -2.02. The molecule has 0 N–H and O–H groups in total. The second-order valence-electron chi connectivity index (χ2n) is 7.31. The predicted molar refractivity (Wildman–Crippen MR) is 108 cm³/mol. The van der Waals surface area contributed by atoms with Crippen molar-refractivity contribution in [3.63, 3.8) is 0 Å². The zero-order valence-electron chi connectivity index (χ0n) is 15.3. The van der Waals surface area contributed by atoms with Crippen molar-refractivity contribution in [3.8, 4) is 0 Å². The van der Waals surface area contributed by atoms with Crippen LogP contribution in [-0.2, 0) is 16.4 Å². The molecule has 27 heavy (non-hydrogen) atoms. The summed E-state index contributed by atoms with van der Waals surface area (Å²) >= 11 is 0. The van der Waals surface area contributed by atoms with Crippen LogP contribution in [0.5, 0.6) is 0 Å². The van der Waals surface area contributed by atoms with Gasteiger partial charge in [0.15, 0.2) is 9.84 Å². The Morgan fingerprint density at radius 2 is 1.67 bits per heavy atom. The number of benzene rings is 1. The largest absolute Gasteiger partial charge is 0.293 e. The van der Waals surface area contributed by atoms with Gasteiger partial charge >= 0.3 is 0 Å². The van der Waals surface area contributed by atoms with E-state index in [1.165, 1.54) is 5.56 Å². The predicted octanol–water partition coefficient (Wildman–Crippen LogP) is 2.08. The summed E-state index contributed by atoms with van der Waals surface area (Å²) in [6, 6.07) is 16.2. The summed E-state index contributed by atoms with van der Waals surface area (Å²) in [5.41, 5.74) is 2.17. The molecular formula is C21H25N3O2S. The molecule has 2 aliphatic heterocycles. The Balaban J connectivity index is 1.46. The third-order valence-corrected chi connectivity index (χ3v) is 7.15. The first-order chi connectivity index (χ1) is 13.1. The topological polar surface area (TPSA) is 53.5 Å². The molecule has 2 fully saturated rings. The molecule has 0 radical (unpaired) electrons. The van der Waals surface area contributed by atoms with Crippen molar-refractivity contribution in [1.29, 1.82) is 0 Å². The molecule has 2 aliphatic rings. The summed E-state index contributed by atoms with van der Waals surface area (Å²) < 4.78 is 24.7. The molecular weight excluding hydrogens is 358 g/mol. The van der Waals surface area contributed by atoms with Gasteiger partial charge in [-0.2, -0.15) is 0 Å². The fourth-order valence-corrected chi connectivity index (χ4v) is 6.15. The van der Waals surface area contributed by atoms with Crippen molar-refractivity contribution in [2.24, 2.45) is 0 Å². The van der Waals surface area contributed by atoms with Crippen LogP contribution in [0.1, 0.15) is 11.3 Å². The van der Waals surface area contributed by atoms with Crippen LogP contribution in [0.4, 0.5) is 0 Å². The highest BCUT2D eigenvalue weighted by atomic mass is 32.2. The molecule has 0 bridgehead atoms. The van der Waals surface area contributed by atoms with E-state index in [-0.39, 0.29) is 23.6 Å². The number of rotatable bonds is 5. The Bertz CT molecular complexity index is 884. The molecule has 1 aromatic heterocycles. The summed E-state index contributed by atoms with van der Waals surface area (Å²) in [7, 11) is -2.99. The number of sulfone groups is 1. The highest BCUT2D eigenvalue weighted by Crippen LogP contribution is 2.28. The third-order valence-electron chi connectivity index (χ3n) is 5.45. The first-order valence-electron chi connectivity index (χ1n) is 9.41. The molecule has 0 spiro atoms. The van der Waals surface area contributed by atoms with Crippen LogP contribution in [0.2, 0.25) is 0 Å². The van der Waals surface area contributed by atoms with Crippen molar-refractivity contribution in [2.45, 2.75) is 18.6 Å². The van der Waals surface area contributed by atoms with Crippen molar-refractivity contribution in [3.05, 3.63) is 72.1 Å². The number of aromatic nitrogens is 1. The molecule has 0 unspecified atom stereocenters. The summed E-state index contributed by atoms with van der Waals surface area (Å²) in [5, 5.41) is 0. The summed E-state index contributed by atoms with van der Waals surface area (Å²) in [4.78, 5) is 9.03. The number of piperazine rings is 1. The second kappa shape index (κ2) is 7.92. The Morgan fingerprint density at radius 1 is 0.963 bits per heavy atom. The molecule has 0 amide bonds. The zero-order chi connectivity index (χ0) is 18.7. The van der Waals surface area contributed by atoms with Crippen molar-refractivity contribution < 1.29 is 8.42 Å². The molecule has 4 rings (SSSR count). The quantitative estimate of drug-likeness (QED) is 0.791. The van der Waals surface area contributed by atoms with Crippen LogP contribution in [0.25, 0.3) is 6.08 Å². The number of hydrogen-bond acceptors (Lipinski definition) is 5. The SMILES string of the molecule is O=S1(=O)C[C@@H]2[C@H](C1)N(CC=Cc1ccccc1)CCN2Cc1ccccn1. The van der Waals surface area contributed by atoms with E-state index in [4.69, 9.17) is 0 Å². The van der Waals surface area contributed by atoms with Crippen LogP contribution in [0.15, 0.2) is 60.8 Å². The van der Waals surface area contributed by atoms with Crippen molar-refractivity contribution in [2.75, 3.05) is 31.1 Å². The van der Waals surface area contributed by atoms with Crippen molar-refractivity contribution in [1.82, 2.24) is 14.8 Å². The number of hydrogen-bond donors (Lipinski definition) is 0. The molecule has 2 atom stereocenters. The van der Waals surface area contributed by atoms with Crippen LogP contribution in [0.3, 0.4) is 0 Å². The fourth-order valence-electron chi connectivity index (χ4n) is 4.11. The summed E-state index contributed by atoms with van der Waals surface area (Å²) in [5.74, 6) is 0.513.